The highest BCUT2D eigenvalue weighted by molar-refractivity contribution is 7.92. The lowest BCUT2D eigenvalue weighted by Gasteiger charge is -2.34. The molecule has 44 heavy (non-hydrogen) atoms. The molecule has 230 valence electrons. The largest absolute Gasteiger partial charge is 0.354 e. The van der Waals surface area contributed by atoms with E-state index in [-0.39, 0.29) is 29.5 Å². The fourth-order valence-corrected chi connectivity index (χ4v) is 6.31. The minimum Gasteiger partial charge on any atom is -0.354 e. The lowest BCUT2D eigenvalue weighted by Crippen LogP contribution is -2.53. The van der Waals surface area contributed by atoms with Crippen molar-refractivity contribution in [2.45, 2.75) is 37.8 Å². The molecule has 0 radical (unpaired) electrons. The number of halogens is 2. The number of hydrogen-bond donors (Lipinski definition) is 1. The second kappa shape index (κ2) is 15.0. The van der Waals surface area contributed by atoms with E-state index in [2.05, 4.69) is 5.32 Å². The van der Waals surface area contributed by atoms with Gasteiger partial charge >= 0.3 is 0 Å². The van der Waals surface area contributed by atoms with Crippen LogP contribution in [0.5, 0.6) is 0 Å². The van der Waals surface area contributed by atoms with Crippen LogP contribution in [-0.4, -0.2) is 44.3 Å². The molecule has 0 saturated heterocycles. The Morgan fingerprint density at radius 1 is 0.841 bits per heavy atom. The van der Waals surface area contributed by atoms with Crippen LogP contribution in [0.3, 0.4) is 0 Å². The van der Waals surface area contributed by atoms with Gasteiger partial charge in [0, 0.05) is 24.5 Å². The van der Waals surface area contributed by atoms with Crippen LogP contribution in [0, 0.1) is 11.7 Å². The Morgan fingerprint density at radius 2 is 1.43 bits per heavy atom. The van der Waals surface area contributed by atoms with Crippen LogP contribution in [0.1, 0.15) is 25.0 Å². The first kappa shape index (κ1) is 32.7. The van der Waals surface area contributed by atoms with Crippen LogP contribution in [-0.2, 0) is 32.6 Å². The van der Waals surface area contributed by atoms with Crippen molar-refractivity contribution in [3.8, 4) is 0 Å². The van der Waals surface area contributed by atoms with Crippen LogP contribution in [0.25, 0.3) is 0 Å². The number of benzene rings is 4. The minimum atomic E-state index is -4.39. The number of nitrogens with zero attached hydrogens (tertiary/aromatic N) is 2. The zero-order valence-corrected chi connectivity index (χ0v) is 26.1. The molecule has 0 saturated carbocycles. The minimum absolute atomic E-state index is 0.0817. The number of carbonyl (C=O) groups excluding carboxylic acids is 2. The number of anilines is 1. The second-order valence-corrected chi connectivity index (χ2v) is 13.0. The smallest absolute Gasteiger partial charge is 0.264 e. The molecule has 0 fully saturated rings. The highest BCUT2D eigenvalue weighted by Gasteiger charge is 2.35. The van der Waals surface area contributed by atoms with Crippen LogP contribution >= 0.6 is 11.6 Å². The van der Waals surface area contributed by atoms with Gasteiger partial charge in [-0.1, -0.05) is 104 Å². The van der Waals surface area contributed by atoms with Gasteiger partial charge in [-0.05, 0) is 47.4 Å². The Kier molecular flexibility index (Phi) is 11.1. The standard InChI is InChI=1S/C34H35ClFN3O4S/c1-25(2)22-37-34(41)32(21-26-13-5-3-6-14-26)38(23-27-15-9-10-18-29(27)35)33(40)24-39(31-20-12-11-19-30(31)36)44(42,43)28-16-7-4-8-17-28/h3-20,25,32H,21-24H2,1-2H3,(H,37,41). The van der Waals surface area contributed by atoms with E-state index in [1.54, 1.807) is 42.5 Å². The summed E-state index contributed by atoms with van der Waals surface area (Å²) in [5.74, 6) is -1.76. The summed E-state index contributed by atoms with van der Waals surface area (Å²) in [7, 11) is -4.39. The normalized spacial score (nSPS) is 12.0. The van der Waals surface area contributed by atoms with E-state index in [9.17, 15) is 18.0 Å². The highest BCUT2D eigenvalue weighted by Crippen LogP contribution is 2.28. The number of hydrogen-bond acceptors (Lipinski definition) is 4. The number of amides is 2. The first-order valence-electron chi connectivity index (χ1n) is 14.2. The third-order valence-electron chi connectivity index (χ3n) is 6.99. The van der Waals surface area contributed by atoms with Crippen molar-refractivity contribution in [2.24, 2.45) is 5.92 Å². The van der Waals surface area contributed by atoms with E-state index >= 15 is 4.39 Å². The third-order valence-corrected chi connectivity index (χ3v) is 9.13. The first-order chi connectivity index (χ1) is 21.1. The molecule has 1 atom stereocenters. The summed E-state index contributed by atoms with van der Waals surface area (Å²) in [4.78, 5) is 29.4. The number of sulfonamides is 1. The van der Waals surface area contributed by atoms with E-state index in [0.717, 1.165) is 15.9 Å². The molecular weight excluding hydrogens is 601 g/mol. The van der Waals surface area contributed by atoms with Gasteiger partial charge in [0.25, 0.3) is 10.0 Å². The topological polar surface area (TPSA) is 86.8 Å². The molecule has 0 aromatic heterocycles. The zero-order chi connectivity index (χ0) is 31.7. The fourth-order valence-electron chi connectivity index (χ4n) is 4.67. The molecule has 2 amide bonds. The summed E-state index contributed by atoms with van der Waals surface area (Å²) in [5, 5.41) is 3.31. The van der Waals surface area contributed by atoms with Gasteiger partial charge in [0.1, 0.15) is 18.4 Å². The molecule has 1 N–H and O–H groups in total. The predicted molar refractivity (Wildman–Crippen MR) is 171 cm³/mol. The Hall–Kier alpha value is -4.21. The van der Waals surface area contributed by atoms with Gasteiger partial charge in [0.2, 0.25) is 11.8 Å². The van der Waals surface area contributed by atoms with Crippen molar-refractivity contribution in [1.82, 2.24) is 10.2 Å². The quantitative estimate of drug-likeness (QED) is 0.193. The molecule has 0 aliphatic carbocycles. The molecule has 0 aliphatic heterocycles. The van der Waals surface area contributed by atoms with Crippen molar-refractivity contribution in [3.63, 3.8) is 0 Å². The van der Waals surface area contributed by atoms with Gasteiger partial charge < -0.3 is 10.2 Å². The van der Waals surface area contributed by atoms with E-state index in [1.165, 1.54) is 35.2 Å². The van der Waals surface area contributed by atoms with Crippen LogP contribution in [0.15, 0.2) is 114 Å². The van der Waals surface area contributed by atoms with Gasteiger partial charge in [-0.3, -0.25) is 13.9 Å². The molecule has 0 heterocycles. The van der Waals surface area contributed by atoms with Crippen molar-refractivity contribution < 1.29 is 22.4 Å². The molecule has 0 aliphatic rings. The van der Waals surface area contributed by atoms with Crippen molar-refractivity contribution in [2.75, 3.05) is 17.4 Å². The maximum atomic E-state index is 15.2. The summed E-state index contributed by atoms with van der Waals surface area (Å²) in [6.07, 6.45) is 0.159. The summed E-state index contributed by atoms with van der Waals surface area (Å²) in [6.45, 7) is 3.45. The Bertz CT molecular complexity index is 1670. The number of carbonyl (C=O) groups is 2. The second-order valence-electron chi connectivity index (χ2n) is 10.7. The molecule has 1 unspecified atom stereocenters. The van der Waals surface area contributed by atoms with E-state index in [4.69, 9.17) is 11.6 Å². The number of para-hydroxylation sites is 1. The first-order valence-corrected chi connectivity index (χ1v) is 16.1. The highest BCUT2D eigenvalue weighted by atomic mass is 35.5. The fraction of sp³-hybridized carbons (Fsp3) is 0.235. The van der Waals surface area contributed by atoms with Crippen molar-refractivity contribution in [1.29, 1.82) is 0 Å². The molecule has 7 nitrogen and oxygen atoms in total. The van der Waals surface area contributed by atoms with Crippen molar-refractivity contribution >= 4 is 39.1 Å². The molecule has 10 heteroatoms. The summed E-state index contributed by atoms with van der Waals surface area (Å²) in [5.41, 5.74) is 1.09. The van der Waals surface area contributed by atoms with Crippen molar-refractivity contribution in [3.05, 3.63) is 131 Å². The van der Waals surface area contributed by atoms with Gasteiger partial charge in [-0.2, -0.15) is 0 Å². The number of nitrogens with one attached hydrogen (secondary N) is 1. The van der Waals surface area contributed by atoms with Crippen LogP contribution < -0.4 is 9.62 Å². The summed E-state index contributed by atoms with van der Waals surface area (Å²) in [6, 6.07) is 28.0. The third kappa shape index (κ3) is 8.24. The molecule has 0 spiro atoms. The zero-order valence-electron chi connectivity index (χ0n) is 24.6. The molecule has 0 bridgehead atoms. The van der Waals surface area contributed by atoms with Gasteiger partial charge in [-0.15, -0.1) is 0 Å². The molecule has 4 aromatic carbocycles. The van der Waals surface area contributed by atoms with Crippen LogP contribution in [0.2, 0.25) is 5.02 Å². The van der Waals surface area contributed by atoms with Gasteiger partial charge in [0.05, 0.1) is 10.6 Å². The van der Waals surface area contributed by atoms with E-state index < -0.39 is 40.2 Å². The van der Waals surface area contributed by atoms with Gasteiger partial charge in [-0.25, -0.2) is 12.8 Å². The Balaban J connectivity index is 1.81. The van der Waals surface area contributed by atoms with Crippen LogP contribution in [0.4, 0.5) is 10.1 Å². The average Bonchev–Trinajstić information content (AvgIpc) is 3.02. The maximum Gasteiger partial charge on any atom is 0.264 e. The SMILES string of the molecule is CC(C)CNC(=O)C(Cc1ccccc1)N(Cc1ccccc1Cl)C(=O)CN(c1ccccc1F)S(=O)(=O)c1ccccc1. The predicted octanol–water partition coefficient (Wildman–Crippen LogP) is 6.09. The Morgan fingerprint density at radius 3 is 2.07 bits per heavy atom. The molecule has 4 aromatic rings. The monoisotopic (exact) mass is 635 g/mol. The molecular formula is C34H35ClFN3O4S. The lowest BCUT2D eigenvalue weighted by atomic mass is 10.0. The van der Waals surface area contributed by atoms with Gasteiger partial charge in [0.15, 0.2) is 0 Å². The van der Waals surface area contributed by atoms with E-state index in [1.807, 2.05) is 44.2 Å². The lowest BCUT2D eigenvalue weighted by molar-refractivity contribution is -0.140. The average molecular weight is 636 g/mol. The summed E-state index contributed by atoms with van der Waals surface area (Å²) >= 11 is 6.50. The Labute approximate surface area is 263 Å². The van der Waals surface area contributed by atoms with E-state index in [0.29, 0.717) is 17.1 Å². The summed E-state index contributed by atoms with van der Waals surface area (Å²) < 4.78 is 43.8. The molecule has 4 rings (SSSR count). The number of rotatable bonds is 13. The maximum absolute atomic E-state index is 15.2.